The third kappa shape index (κ3) is 3.21. The Morgan fingerprint density at radius 3 is 1.97 bits per heavy atom. The number of hydrogen-bond acceptors (Lipinski definition) is 4. The van der Waals surface area contributed by atoms with E-state index in [2.05, 4.69) is 6.58 Å². The van der Waals surface area contributed by atoms with Gasteiger partial charge in [-0.1, -0.05) is 42.4 Å². The predicted octanol–water partition coefficient (Wildman–Crippen LogP) is 5.62. The smallest absolute Gasteiger partial charge is 0.165 e. The molecule has 0 aliphatic carbocycles. The quantitative estimate of drug-likeness (QED) is 0.438. The van der Waals surface area contributed by atoms with Crippen LogP contribution < -0.4 is 4.90 Å². The van der Waals surface area contributed by atoms with E-state index in [-0.39, 0.29) is 11.3 Å². The Hall–Kier alpha value is -3.03. The van der Waals surface area contributed by atoms with Gasteiger partial charge in [-0.15, -0.1) is 0 Å². The molecule has 1 fully saturated rings. The van der Waals surface area contributed by atoms with Crippen LogP contribution in [0, 0.1) is 11.6 Å². The van der Waals surface area contributed by atoms with Gasteiger partial charge >= 0.3 is 0 Å². The van der Waals surface area contributed by atoms with Crippen molar-refractivity contribution in [2.75, 3.05) is 11.2 Å². The molecule has 0 aromatic heterocycles. The van der Waals surface area contributed by atoms with Crippen LogP contribution >= 0.6 is 11.6 Å². The molecule has 0 saturated carbocycles. The maximum absolute atomic E-state index is 14.3. The highest BCUT2D eigenvalue weighted by molar-refractivity contribution is 7.92. The average molecular weight is 488 g/mol. The summed E-state index contributed by atoms with van der Waals surface area (Å²) in [6, 6.07) is 15.9. The monoisotopic (exact) mass is 487 g/mol. The Balaban J connectivity index is 2.08. The van der Waals surface area contributed by atoms with E-state index in [9.17, 15) is 22.0 Å². The molecule has 1 heterocycles. The highest BCUT2D eigenvalue weighted by atomic mass is 35.5. The summed E-state index contributed by atoms with van der Waals surface area (Å²) >= 11 is 6.04. The summed E-state index contributed by atoms with van der Waals surface area (Å²) in [5.74, 6) is -1.80. The summed E-state index contributed by atoms with van der Waals surface area (Å²) in [5.41, 5.74) is 0.222. The molecule has 0 spiro atoms. The van der Waals surface area contributed by atoms with Crippen molar-refractivity contribution in [1.29, 1.82) is 0 Å². The Labute approximate surface area is 196 Å². The standard InChI is InChI=1S/C25H20ClF2NO3S/c1-16-25(33(3,31)32,19-12-21(27)14-22(28)13-19)24(2,18-6-4-17(15-30)5-7-18)29(16)23-10-8-20(26)9-11-23/h4-15H,1H2,2-3H3. The molecular formula is C25H20ClF2NO3S. The fourth-order valence-corrected chi connectivity index (χ4v) is 7.15. The largest absolute Gasteiger partial charge is 0.331 e. The lowest BCUT2D eigenvalue weighted by molar-refractivity contribution is 0.112. The minimum atomic E-state index is -4.05. The molecule has 1 saturated heterocycles. The molecule has 8 heteroatoms. The normalized spacial score (nSPS) is 22.7. The number of rotatable bonds is 5. The minimum Gasteiger partial charge on any atom is -0.331 e. The summed E-state index contributed by atoms with van der Waals surface area (Å²) < 4.78 is 53.8. The van der Waals surface area contributed by atoms with Crippen LogP contribution in [-0.2, 0) is 20.1 Å². The molecule has 0 amide bonds. The van der Waals surface area contributed by atoms with Gasteiger partial charge in [-0.3, -0.25) is 4.79 Å². The SMILES string of the molecule is C=C1N(c2ccc(Cl)cc2)C(C)(c2ccc(C=O)cc2)C1(c1cc(F)cc(F)c1)S(C)(=O)=O. The van der Waals surface area contributed by atoms with E-state index in [0.29, 0.717) is 34.2 Å². The van der Waals surface area contributed by atoms with Crippen LogP contribution in [0.2, 0.25) is 5.02 Å². The van der Waals surface area contributed by atoms with Gasteiger partial charge in [0, 0.05) is 34.3 Å². The second kappa shape index (κ2) is 7.78. The van der Waals surface area contributed by atoms with Crippen LogP contribution in [0.5, 0.6) is 0 Å². The Morgan fingerprint density at radius 2 is 1.48 bits per heavy atom. The second-order valence-corrected chi connectivity index (χ2v) is 10.8. The number of hydrogen-bond donors (Lipinski definition) is 0. The predicted molar refractivity (Wildman–Crippen MR) is 125 cm³/mol. The summed E-state index contributed by atoms with van der Waals surface area (Å²) in [4.78, 5) is 12.9. The van der Waals surface area contributed by atoms with Gasteiger partial charge in [-0.05, 0) is 54.4 Å². The number of carbonyl (C=O) groups is 1. The summed E-state index contributed by atoms with van der Waals surface area (Å²) in [6.07, 6.45) is 1.70. The lowest BCUT2D eigenvalue weighted by Crippen LogP contribution is -2.74. The summed E-state index contributed by atoms with van der Waals surface area (Å²) in [6.45, 7) is 5.74. The van der Waals surface area contributed by atoms with Crippen molar-refractivity contribution in [1.82, 2.24) is 0 Å². The Kier molecular flexibility index (Phi) is 5.46. The molecule has 2 atom stereocenters. The molecule has 0 bridgehead atoms. The molecule has 3 aromatic carbocycles. The van der Waals surface area contributed by atoms with E-state index >= 15 is 0 Å². The number of sulfone groups is 1. The molecule has 0 N–H and O–H groups in total. The number of anilines is 1. The highest BCUT2D eigenvalue weighted by Gasteiger charge is 2.72. The molecule has 2 unspecified atom stereocenters. The molecule has 3 aromatic rings. The maximum atomic E-state index is 14.3. The zero-order valence-corrected chi connectivity index (χ0v) is 19.4. The van der Waals surface area contributed by atoms with E-state index in [0.717, 1.165) is 18.4 Å². The van der Waals surface area contributed by atoms with Crippen molar-refractivity contribution in [2.45, 2.75) is 17.2 Å². The van der Waals surface area contributed by atoms with Crippen molar-refractivity contribution < 1.29 is 22.0 Å². The zero-order valence-electron chi connectivity index (χ0n) is 17.8. The number of carbonyl (C=O) groups excluding carboxylic acids is 1. The average Bonchev–Trinajstić information content (AvgIpc) is 2.74. The minimum absolute atomic E-state index is 0.0697. The lowest BCUT2D eigenvalue weighted by Gasteiger charge is -2.66. The van der Waals surface area contributed by atoms with E-state index < -0.39 is 31.8 Å². The Morgan fingerprint density at radius 1 is 0.939 bits per heavy atom. The highest BCUT2D eigenvalue weighted by Crippen LogP contribution is 2.65. The maximum Gasteiger partial charge on any atom is 0.165 e. The van der Waals surface area contributed by atoms with Crippen LogP contribution in [0.3, 0.4) is 0 Å². The number of aldehydes is 1. The van der Waals surface area contributed by atoms with Crippen LogP contribution in [0.1, 0.15) is 28.4 Å². The number of benzene rings is 3. The molecular weight excluding hydrogens is 468 g/mol. The van der Waals surface area contributed by atoms with Gasteiger partial charge in [0.15, 0.2) is 14.6 Å². The molecule has 4 nitrogen and oxygen atoms in total. The van der Waals surface area contributed by atoms with E-state index in [1.165, 1.54) is 0 Å². The third-order valence-corrected chi connectivity index (χ3v) is 8.56. The van der Waals surface area contributed by atoms with Gasteiger partial charge < -0.3 is 4.90 Å². The first-order valence-electron chi connectivity index (χ1n) is 9.94. The van der Waals surface area contributed by atoms with Crippen molar-refractivity contribution in [3.05, 3.63) is 112 Å². The number of nitrogens with zero attached hydrogens (tertiary/aromatic N) is 1. The van der Waals surface area contributed by atoms with Crippen LogP contribution in [0.15, 0.2) is 79.0 Å². The van der Waals surface area contributed by atoms with Gasteiger partial charge in [-0.2, -0.15) is 0 Å². The fraction of sp³-hybridized carbons (Fsp3) is 0.160. The van der Waals surface area contributed by atoms with Crippen molar-refractivity contribution in [3.63, 3.8) is 0 Å². The molecule has 4 rings (SSSR count). The van der Waals surface area contributed by atoms with E-state index in [1.807, 2.05) is 0 Å². The first-order chi connectivity index (χ1) is 15.5. The summed E-state index contributed by atoms with van der Waals surface area (Å²) in [5, 5.41) is 0.489. The van der Waals surface area contributed by atoms with Crippen LogP contribution in [0.25, 0.3) is 0 Å². The number of halogens is 3. The third-order valence-electron chi connectivity index (χ3n) is 6.33. The van der Waals surface area contributed by atoms with Gasteiger partial charge in [-0.25, -0.2) is 17.2 Å². The van der Waals surface area contributed by atoms with Gasteiger partial charge in [0.1, 0.15) is 17.9 Å². The van der Waals surface area contributed by atoms with Gasteiger partial charge in [0.05, 0.1) is 5.54 Å². The molecule has 1 aliphatic heterocycles. The fourth-order valence-electron chi connectivity index (χ4n) is 5.03. The van der Waals surface area contributed by atoms with Crippen molar-refractivity contribution in [3.8, 4) is 0 Å². The topological polar surface area (TPSA) is 54.5 Å². The van der Waals surface area contributed by atoms with E-state index in [1.54, 1.807) is 60.4 Å². The first-order valence-corrected chi connectivity index (χ1v) is 12.2. The van der Waals surface area contributed by atoms with Crippen molar-refractivity contribution in [2.24, 2.45) is 0 Å². The molecule has 170 valence electrons. The van der Waals surface area contributed by atoms with E-state index in [4.69, 9.17) is 11.6 Å². The second-order valence-electron chi connectivity index (χ2n) is 8.18. The molecule has 33 heavy (non-hydrogen) atoms. The van der Waals surface area contributed by atoms with Crippen LogP contribution in [0.4, 0.5) is 14.5 Å². The lowest BCUT2D eigenvalue weighted by atomic mass is 9.64. The molecule has 0 radical (unpaired) electrons. The van der Waals surface area contributed by atoms with Gasteiger partial charge in [0.2, 0.25) is 0 Å². The first kappa shape index (κ1) is 23.1. The molecule has 1 aliphatic rings. The van der Waals surface area contributed by atoms with Gasteiger partial charge in [0.25, 0.3) is 0 Å². The Bertz CT molecular complexity index is 1350. The van der Waals surface area contributed by atoms with Crippen LogP contribution in [-0.4, -0.2) is 21.0 Å². The zero-order chi connectivity index (χ0) is 24.2. The van der Waals surface area contributed by atoms with Crippen molar-refractivity contribution >= 4 is 33.4 Å². The summed E-state index contributed by atoms with van der Waals surface area (Å²) in [7, 11) is -4.05.